The Bertz CT molecular complexity index is 341. The average Bonchev–Trinajstić information content (AvgIpc) is 2.56. The zero-order chi connectivity index (χ0) is 17.7. The summed E-state index contributed by atoms with van der Waals surface area (Å²) in [6.45, 7) is -2.16. The van der Waals surface area contributed by atoms with Crippen LogP contribution < -0.4 is 0 Å². The van der Waals surface area contributed by atoms with E-state index in [1.165, 1.54) is 0 Å². The van der Waals surface area contributed by atoms with E-state index >= 15 is 0 Å². The van der Waals surface area contributed by atoms with Crippen LogP contribution in [0.2, 0.25) is 0 Å². The highest BCUT2D eigenvalue weighted by Gasteiger charge is 2.44. The summed E-state index contributed by atoms with van der Waals surface area (Å²) in [4.78, 5) is 0. The predicted molar refractivity (Wildman–Crippen MR) is 70.8 cm³/mol. The summed E-state index contributed by atoms with van der Waals surface area (Å²) >= 11 is 0. The minimum Gasteiger partial charge on any atom is -0.394 e. The normalized spacial score (nSPS) is 37.2. The van der Waals surface area contributed by atoms with Crippen molar-refractivity contribution >= 4 is 0 Å². The first-order chi connectivity index (χ1) is 10.7. The molecule has 1 heterocycles. The predicted octanol–water partition coefficient (Wildman–Crippen LogP) is -5.76. The second-order valence-electron chi connectivity index (χ2n) is 5.33. The van der Waals surface area contributed by atoms with Crippen LogP contribution in [0, 0.1) is 0 Å². The van der Waals surface area contributed by atoms with Crippen LogP contribution in [0.3, 0.4) is 0 Å². The van der Waals surface area contributed by atoms with Gasteiger partial charge in [-0.15, -0.1) is 0 Å². The minimum atomic E-state index is -1.86. The Morgan fingerprint density at radius 2 is 1.39 bits per heavy atom. The third-order valence-electron chi connectivity index (χ3n) is 3.61. The van der Waals surface area contributed by atoms with Crippen molar-refractivity contribution in [1.82, 2.24) is 0 Å². The van der Waals surface area contributed by atoms with Gasteiger partial charge in [-0.05, 0) is 0 Å². The van der Waals surface area contributed by atoms with E-state index < -0.39 is 74.9 Å². The van der Waals surface area contributed by atoms with Gasteiger partial charge in [0.2, 0.25) is 0 Å². The zero-order valence-electron chi connectivity index (χ0n) is 12.2. The molecular weight excluding hydrogens is 320 g/mol. The largest absolute Gasteiger partial charge is 0.394 e. The molecule has 0 bridgehead atoms. The molecule has 1 aliphatic rings. The topological polar surface area (TPSA) is 201 Å². The third-order valence-corrected chi connectivity index (χ3v) is 3.61. The van der Waals surface area contributed by atoms with Crippen molar-refractivity contribution in [2.75, 3.05) is 19.8 Å². The summed E-state index contributed by atoms with van der Waals surface area (Å²) in [5.74, 6) is 0. The molecule has 0 radical (unpaired) electrons. The SMILES string of the molecule is OC[C@@H](O)[C@@H](O)[C@H](O)[C@@H](O)COC1O[C@H](CO)[C@@H](O)[C@H](O)[C@H]1O. The van der Waals surface area contributed by atoms with Crippen LogP contribution in [0.4, 0.5) is 0 Å². The highest BCUT2D eigenvalue weighted by atomic mass is 16.7. The number of rotatable bonds is 8. The van der Waals surface area contributed by atoms with Gasteiger partial charge in [0.25, 0.3) is 0 Å². The summed E-state index contributed by atoms with van der Waals surface area (Å²) in [6, 6.07) is 0. The number of ether oxygens (including phenoxy) is 2. The van der Waals surface area contributed by atoms with Crippen molar-refractivity contribution in [2.45, 2.75) is 55.1 Å². The highest BCUT2D eigenvalue weighted by Crippen LogP contribution is 2.22. The molecule has 0 aliphatic carbocycles. The molecule has 138 valence electrons. The van der Waals surface area contributed by atoms with Crippen LogP contribution in [-0.4, -0.2) is 121 Å². The van der Waals surface area contributed by atoms with Gasteiger partial charge in [-0.3, -0.25) is 0 Å². The van der Waals surface area contributed by atoms with E-state index in [2.05, 4.69) is 0 Å². The zero-order valence-corrected chi connectivity index (χ0v) is 12.2. The maximum Gasteiger partial charge on any atom is 0.186 e. The van der Waals surface area contributed by atoms with Crippen LogP contribution >= 0.6 is 0 Å². The molecule has 0 saturated carbocycles. The molecule has 9 atom stereocenters. The maximum atomic E-state index is 9.70. The van der Waals surface area contributed by atoms with Crippen molar-refractivity contribution < 1.29 is 55.4 Å². The van der Waals surface area contributed by atoms with Gasteiger partial charge in [0, 0.05) is 0 Å². The van der Waals surface area contributed by atoms with Gasteiger partial charge in [-0.25, -0.2) is 0 Å². The highest BCUT2D eigenvalue weighted by molar-refractivity contribution is 4.89. The van der Waals surface area contributed by atoms with Crippen LogP contribution in [-0.2, 0) is 9.47 Å². The summed E-state index contributed by atoms with van der Waals surface area (Å²) in [7, 11) is 0. The molecule has 1 unspecified atom stereocenters. The molecule has 23 heavy (non-hydrogen) atoms. The first-order valence-corrected chi connectivity index (χ1v) is 6.99. The van der Waals surface area contributed by atoms with Crippen LogP contribution in [0.15, 0.2) is 0 Å². The van der Waals surface area contributed by atoms with Gasteiger partial charge < -0.3 is 55.4 Å². The Kier molecular flexibility index (Phi) is 8.20. The lowest BCUT2D eigenvalue weighted by Gasteiger charge is -2.40. The summed E-state index contributed by atoms with van der Waals surface area (Å²) in [6.07, 6.45) is -14.7. The molecule has 1 rings (SSSR count). The lowest BCUT2D eigenvalue weighted by Crippen LogP contribution is -2.59. The molecule has 1 fully saturated rings. The molecule has 11 nitrogen and oxygen atoms in total. The molecule has 1 saturated heterocycles. The lowest BCUT2D eigenvalue weighted by molar-refractivity contribution is -0.306. The summed E-state index contributed by atoms with van der Waals surface area (Å²) in [5.41, 5.74) is 0. The van der Waals surface area contributed by atoms with E-state index in [1.807, 2.05) is 0 Å². The van der Waals surface area contributed by atoms with E-state index in [1.54, 1.807) is 0 Å². The average molecular weight is 344 g/mol. The Morgan fingerprint density at radius 1 is 0.826 bits per heavy atom. The monoisotopic (exact) mass is 344 g/mol. The van der Waals surface area contributed by atoms with Crippen LogP contribution in [0.25, 0.3) is 0 Å². The molecule has 1 aliphatic heterocycles. The Balaban J connectivity index is 2.55. The quantitative estimate of drug-likeness (QED) is 0.203. The molecular formula is C12H24O11. The first-order valence-electron chi connectivity index (χ1n) is 6.99. The Hall–Kier alpha value is -0.440. The Morgan fingerprint density at radius 3 is 1.91 bits per heavy atom. The van der Waals surface area contributed by atoms with Crippen molar-refractivity contribution in [3.8, 4) is 0 Å². The van der Waals surface area contributed by atoms with Gasteiger partial charge >= 0.3 is 0 Å². The summed E-state index contributed by atoms with van der Waals surface area (Å²) in [5, 5.41) is 84.4. The third kappa shape index (κ3) is 5.01. The second-order valence-corrected chi connectivity index (χ2v) is 5.33. The van der Waals surface area contributed by atoms with Gasteiger partial charge in [0.05, 0.1) is 19.8 Å². The van der Waals surface area contributed by atoms with Gasteiger partial charge in [-0.2, -0.15) is 0 Å². The van der Waals surface area contributed by atoms with Crippen LogP contribution in [0.5, 0.6) is 0 Å². The maximum absolute atomic E-state index is 9.70. The van der Waals surface area contributed by atoms with Crippen molar-refractivity contribution in [2.24, 2.45) is 0 Å². The number of hydrogen-bond donors (Lipinski definition) is 9. The van der Waals surface area contributed by atoms with Crippen molar-refractivity contribution in [1.29, 1.82) is 0 Å². The minimum absolute atomic E-state index is 0.655. The second kappa shape index (κ2) is 9.15. The van der Waals surface area contributed by atoms with Gasteiger partial charge in [-0.1, -0.05) is 0 Å². The van der Waals surface area contributed by atoms with Gasteiger partial charge in [0.15, 0.2) is 6.29 Å². The fourth-order valence-electron chi connectivity index (χ4n) is 2.06. The van der Waals surface area contributed by atoms with E-state index in [4.69, 9.17) is 19.7 Å². The fraction of sp³-hybridized carbons (Fsp3) is 1.00. The van der Waals surface area contributed by atoms with E-state index in [-0.39, 0.29) is 0 Å². The van der Waals surface area contributed by atoms with Crippen molar-refractivity contribution in [3.05, 3.63) is 0 Å². The molecule has 9 N–H and O–H groups in total. The van der Waals surface area contributed by atoms with Gasteiger partial charge in [0.1, 0.15) is 48.8 Å². The molecule has 0 spiro atoms. The summed E-state index contributed by atoms with van der Waals surface area (Å²) < 4.78 is 9.99. The molecule has 0 aromatic heterocycles. The molecule has 0 amide bonds. The Labute approximate surface area is 131 Å². The number of hydrogen-bond acceptors (Lipinski definition) is 11. The van der Waals surface area contributed by atoms with Crippen molar-refractivity contribution in [3.63, 3.8) is 0 Å². The smallest absolute Gasteiger partial charge is 0.186 e. The standard InChI is InChI=1S/C12H24O11/c13-1-4(15)7(17)8(18)5(16)3-22-12-11(21)10(20)9(19)6(2-14)23-12/h4-21H,1-3H2/t4-,5+,6-,7-,8-,9-,10+,11-,12?/m1/s1. The molecule has 0 aromatic carbocycles. The van der Waals surface area contributed by atoms with E-state index in [9.17, 15) is 35.7 Å². The van der Waals surface area contributed by atoms with Crippen LogP contribution in [0.1, 0.15) is 0 Å². The molecule has 11 heteroatoms. The number of aliphatic hydroxyl groups is 9. The van der Waals surface area contributed by atoms with E-state index in [0.717, 1.165) is 0 Å². The lowest BCUT2D eigenvalue weighted by atomic mass is 9.99. The first kappa shape index (κ1) is 20.6. The molecule has 0 aromatic rings. The number of aliphatic hydroxyl groups excluding tert-OH is 9. The fourth-order valence-corrected chi connectivity index (χ4v) is 2.06. The van der Waals surface area contributed by atoms with E-state index in [0.29, 0.717) is 0 Å².